The highest BCUT2D eigenvalue weighted by molar-refractivity contribution is 9.10. The number of nitrogens with zero attached hydrogens (tertiary/aromatic N) is 1. The second-order valence-electron chi connectivity index (χ2n) is 5.18. The molecule has 2 aliphatic rings. The lowest BCUT2D eigenvalue weighted by molar-refractivity contribution is -0.0603. The van der Waals surface area contributed by atoms with Crippen LogP contribution >= 0.6 is 27.3 Å². The van der Waals surface area contributed by atoms with E-state index in [2.05, 4.69) is 44.6 Å². The molecule has 100 valence electrons. The van der Waals surface area contributed by atoms with Crippen LogP contribution in [0, 0.1) is 0 Å². The van der Waals surface area contributed by atoms with E-state index in [4.69, 9.17) is 4.74 Å². The van der Waals surface area contributed by atoms with E-state index in [0.29, 0.717) is 6.04 Å². The lowest BCUT2D eigenvalue weighted by Gasteiger charge is -2.38. The lowest BCUT2D eigenvalue weighted by Crippen LogP contribution is -2.47. The van der Waals surface area contributed by atoms with E-state index in [0.717, 1.165) is 25.7 Å². The number of hydrogen-bond acceptors (Lipinski definition) is 4. The Hall–Kier alpha value is 0.0600. The number of halogens is 1. The van der Waals surface area contributed by atoms with Crippen LogP contribution in [0.15, 0.2) is 15.9 Å². The Morgan fingerprint density at radius 1 is 1.56 bits per heavy atom. The van der Waals surface area contributed by atoms with Gasteiger partial charge in [0.15, 0.2) is 0 Å². The third-order valence-electron chi connectivity index (χ3n) is 3.67. The number of rotatable bonds is 4. The number of hydrogen-bond donors (Lipinski definition) is 1. The van der Waals surface area contributed by atoms with Crippen LogP contribution in [0.2, 0.25) is 0 Å². The SMILES string of the molecule is CN1CCOC(CNC2CC2)C1c1cc(Br)cs1. The van der Waals surface area contributed by atoms with Gasteiger partial charge in [0.2, 0.25) is 0 Å². The van der Waals surface area contributed by atoms with Crippen LogP contribution in [0.4, 0.5) is 0 Å². The second kappa shape index (κ2) is 5.59. The number of likely N-dealkylation sites (N-methyl/N-ethyl adjacent to an activating group) is 1. The lowest BCUT2D eigenvalue weighted by atomic mass is 10.1. The monoisotopic (exact) mass is 330 g/mol. The predicted octanol–water partition coefficient (Wildman–Crippen LogP) is 2.63. The van der Waals surface area contributed by atoms with Gasteiger partial charge in [0.1, 0.15) is 0 Å². The summed E-state index contributed by atoms with van der Waals surface area (Å²) in [5.74, 6) is 0. The molecule has 0 bridgehead atoms. The summed E-state index contributed by atoms with van der Waals surface area (Å²) in [5, 5.41) is 5.75. The molecule has 3 nitrogen and oxygen atoms in total. The Balaban J connectivity index is 1.71. The molecular weight excluding hydrogens is 312 g/mol. The minimum Gasteiger partial charge on any atom is -0.374 e. The van der Waals surface area contributed by atoms with Crippen LogP contribution in [-0.2, 0) is 4.74 Å². The third-order valence-corrected chi connectivity index (χ3v) is 5.43. The fourth-order valence-electron chi connectivity index (χ4n) is 2.49. The number of nitrogens with one attached hydrogen (secondary N) is 1. The number of thiophene rings is 1. The Bertz CT molecular complexity index is 407. The van der Waals surface area contributed by atoms with E-state index >= 15 is 0 Å². The van der Waals surface area contributed by atoms with Gasteiger partial charge in [-0.1, -0.05) is 0 Å². The summed E-state index contributed by atoms with van der Waals surface area (Å²) in [5.41, 5.74) is 0. The zero-order chi connectivity index (χ0) is 12.5. The first-order chi connectivity index (χ1) is 8.74. The molecule has 0 radical (unpaired) electrons. The molecule has 1 aromatic rings. The maximum absolute atomic E-state index is 5.99. The number of morpholine rings is 1. The molecule has 0 amide bonds. The summed E-state index contributed by atoms with van der Waals surface area (Å²) in [4.78, 5) is 3.81. The summed E-state index contributed by atoms with van der Waals surface area (Å²) >= 11 is 5.36. The van der Waals surface area contributed by atoms with Gasteiger partial charge in [-0.15, -0.1) is 11.3 Å². The van der Waals surface area contributed by atoms with Crippen LogP contribution in [0.5, 0.6) is 0 Å². The molecule has 2 unspecified atom stereocenters. The molecule has 2 atom stereocenters. The van der Waals surface area contributed by atoms with Crippen LogP contribution in [0.1, 0.15) is 23.8 Å². The molecule has 1 saturated carbocycles. The molecule has 2 heterocycles. The average molecular weight is 331 g/mol. The van der Waals surface area contributed by atoms with Gasteiger partial charge in [-0.25, -0.2) is 0 Å². The van der Waals surface area contributed by atoms with Crippen molar-refractivity contribution in [2.75, 3.05) is 26.7 Å². The van der Waals surface area contributed by atoms with Crippen LogP contribution in [-0.4, -0.2) is 43.8 Å². The van der Waals surface area contributed by atoms with Crippen LogP contribution in [0.25, 0.3) is 0 Å². The normalized spacial score (nSPS) is 29.7. The van der Waals surface area contributed by atoms with Crippen molar-refractivity contribution >= 4 is 27.3 Å². The van der Waals surface area contributed by atoms with Gasteiger partial charge in [-0.2, -0.15) is 0 Å². The third kappa shape index (κ3) is 2.96. The van der Waals surface area contributed by atoms with E-state index in [9.17, 15) is 0 Å². The minimum absolute atomic E-state index is 0.273. The maximum Gasteiger partial charge on any atom is 0.0904 e. The van der Waals surface area contributed by atoms with Crippen LogP contribution < -0.4 is 5.32 Å². The molecule has 0 spiro atoms. The fraction of sp³-hybridized carbons (Fsp3) is 0.692. The molecule has 1 saturated heterocycles. The zero-order valence-electron chi connectivity index (χ0n) is 10.6. The molecule has 1 aliphatic heterocycles. The van der Waals surface area contributed by atoms with E-state index < -0.39 is 0 Å². The number of ether oxygens (including phenoxy) is 1. The van der Waals surface area contributed by atoms with Crippen molar-refractivity contribution in [2.24, 2.45) is 0 Å². The van der Waals surface area contributed by atoms with Crippen molar-refractivity contribution in [3.05, 3.63) is 20.8 Å². The van der Waals surface area contributed by atoms with Crippen LogP contribution in [0.3, 0.4) is 0 Å². The quantitative estimate of drug-likeness (QED) is 0.918. The van der Waals surface area contributed by atoms with Gasteiger partial charge in [0.25, 0.3) is 0 Å². The molecule has 18 heavy (non-hydrogen) atoms. The molecule has 5 heteroatoms. The van der Waals surface area contributed by atoms with Crippen molar-refractivity contribution in [1.82, 2.24) is 10.2 Å². The first-order valence-electron chi connectivity index (χ1n) is 6.53. The van der Waals surface area contributed by atoms with Gasteiger partial charge < -0.3 is 10.1 Å². The summed E-state index contributed by atoms with van der Waals surface area (Å²) in [6, 6.07) is 3.36. The standard InChI is InChI=1S/C13H19BrN2OS/c1-16-4-5-17-11(7-15-10-2-3-10)13(16)12-6-9(14)8-18-12/h6,8,10-11,13,15H,2-5,7H2,1H3. The predicted molar refractivity (Wildman–Crippen MR) is 78.2 cm³/mol. The van der Waals surface area contributed by atoms with Gasteiger partial charge in [0, 0.05) is 33.9 Å². The van der Waals surface area contributed by atoms with Crippen molar-refractivity contribution < 1.29 is 4.74 Å². The average Bonchev–Trinajstić information content (AvgIpc) is 3.09. The highest BCUT2D eigenvalue weighted by atomic mass is 79.9. The van der Waals surface area contributed by atoms with Gasteiger partial charge in [0.05, 0.1) is 18.8 Å². The highest BCUT2D eigenvalue weighted by Crippen LogP contribution is 2.34. The first kappa shape index (κ1) is 13.1. The molecular formula is C13H19BrN2OS. The molecule has 1 aromatic heterocycles. The molecule has 1 N–H and O–H groups in total. The Morgan fingerprint density at radius 3 is 3.06 bits per heavy atom. The molecule has 3 rings (SSSR count). The Labute approximate surface area is 121 Å². The van der Waals surface area contributed by atoms with Gasteiger partial charge in [-0.3, -0.25) is 4.90 Å². The minimum atomic E-state index is 0.273. The fourth-order valence-corrected chi connectivity index (χ4v) is 4.15. The second-order valence-corrected chi connectivity index (χ2v) is 7.04. The van der Waals surface area contributed by atoms with E-state index in [1.165, 1.54) is 22.2 Å². The first-order valence-corrected chi connectivity index (χ1v) is 8.20. The maximum atomic E-state index is 5.99. The summed E-state index contributed by atoms with van der Waals surface area (Å²) in [7, 11) is 2.20. The summed E-state index contributed by atoms with van der Waals surface area (Å²) < 4.78 is 7.17. The van der Waals surface area contributed by atoms with Gasteiger partial charge >= 0.3 is 0 Å². The van der Waals surface area contributed by atoms with E-state index in [1.54, 1.807) is 0 Å². The molecule has 0 aromatic carbocycles. The van der Waals surface area contributed by atoms with Gasteiger partial charge in [-0.05, 0) is 41.9 Å². The molecule has 2 fully saturated rings. The van der Waals surface area contributed by atoms with E-state index in [1.807, 2.05) is 11.3 Å². The zero-order valence-corrected chi connectivity index (χ0v) is 13.0. The van der Waals surface area contributed by atoms with Crippen molar-refractivity contribution in [3.63, 3.8) is 0 Å². The summed E-state index contributed by atoms with van der Waals surface area (Å²) in [6.07, 6.45) is 2.94. The summed E-state index contributed by atoms with van der Waals surface area (Å²) in [6.45, 7) is 2.83. The Morgan fingerprint density at radius 2 is 2.39 bits per heavy atom. The molecule has 1 aliphatic carbocycles. The Kier molecular flexibility index (Phi) is 4.06. The largest absolute Gasteiger partial charge is 0.374 e. The van der Waals surface area contributed by atoms with E-state index in [-0.39, 0.29) is 6.10 Å². The smallest absolute Gasteiger partial charge is 0.0904 e. The van der Waals surface area contributed by atoms with Crippen molar-refractivity contribution in [3.8, 4) is 0 Å². The van der Waals surface area contributed by atoms with Crippen molar-refractivity contribution in [2.45, 2.75) is 31.0 Å². The topological polar surface area (TPSA) is 24.5 Å². The highest BCUT2D eigenvalue weighted by Gasteiger charge is 2.33. The van der Waals surface area contributed by atoms with Crippen molar-refractivity contribution in [1.29, 1.82) is 0 Å².